The molecule has 1 unspecified atom stereocenters. The van der Waals surface area contributed by atoms with E-state index in [4.69, 9.17) is 0 Å². The van der Waals surface area contributed by atoms with Crippen LogP contribution in [0.4, 0.5) is 5.69 Å². The molecule has 0 radical (unpaired) electrons. The van der Waals surface area contributed by atoms with Crippen LogP contribution in [0, 0.1) is 0 Å². The third-order valence-electron chi connectivity index (χ3n) is 2.74. The molecule has 96 valence electrons. The van der Waals surface area contributed by atoms with Gasteiger partial charge in [-0.2, -0.15) is 15.4 Å². The van der Waals surface area contributed by atoms with Crippen LogP contribution in [-0.4, -0.2) is 24.2 Å². The van der Waals surface area contributed by atoms with Gasteiger partial charge in [-0.05, 0) is 35.4 Å². The Kier molecular flexibility index (Phi) is 2.98. The Morgan fingerprint density at radius 1 is 1.00 bits per heavy atom. The summed E-state index contributed by atoms with van der Waals surface area (Å²) in [5, 5.41) is 10.6. The van der Waals surface area contributed by atoms with Gasteiger partial charge in [0.25, 0.3) is 0 Å². The van der Waals surface area contributed by atoms with Gasteiger partial charge in [-0.15, -0.1) is 0 Å². The number of nitrogens with one attached hydrogen (secondary N) is 2. The minimum atomic E-state index is -2.30. The lowest BCUT2D eigenvalue weighted by Crippen LogP contribution is -2.01. The second-order valence-corrected chi connectivity index (χ2v) is 4.61. The highest BCUT2D eigenvalue weighted by atomic mass is 32.2. The van der Waals surface area contributed by atoms with Crippen LogP contribution < -0.4 is 4.72 Å². The van der Waals surface area contributed by atoms with Crippen molar-refractivity contribution >= 4 is 28.0 Å². The summed E-state index contributed by atoms with van der Waals surface area (Å²) in [5.74, 6) is 0. The minimum absolute atomic E-state index is 0.527. The van der Waals surface area contributed by atoms with E-state index in [1.807, 2.05) is 30.3 Å². The molecule has 6 nitrogen and oxygen atoms in total. The van der Waals surface area contributed by atoms with E-state index in [0.717, 1.165) is 22.2 Å². The van der Waals surface area contributed by atoms with Gasteiger partial charge in [-0.1, -0.05) is 18.2 Å². The van der Waals surface area contributed by atoms with Crippen LogP contribution in [-0.2, 0) is 11.3 Å². The van der Waals surface area contributed by atoms with Gasteiger partial charge in [0.05, 0.1) is 0 Å². The summed E-state index contributed by atoms with van der Waals surface area (Å²) in [6, 6.07) is 12.8. The van der Waals surface area contributed by atoms with Crippen LogP contribution in [0.25, 0.3) is 22.2 Å². The molecule has 3 rings (SSSR count). The summed E-state index contributed by atoms with van der Waals surface area (Å²) in [4.78, 5) is 0. The first-order valence-electron chi connectivity index (χ1n) is 5.49. The van der Waals surface area contributed by atoms with E-state index in [9.17, 15) is 8.76 Å². The summed E-state index contributed by atoms with van der Waals surface area (Å²) in [6.45, 7) is 0. The van der Waals surface area contributed by atoms with E-state index < -0.39 is 11.3 Å². The van der Waals surface area contributed by atoms with Crippen molar-refractivity contribution in [1.82, 2.24) is 15.4 Å². The quantitative estimate of drug-likeness (QED) is 0.712. The Morgan fingerprint density at radius 3 is 2.42 bits per heavy atom. The lowest BCUT2D eigenvalue weighted by atomic mass is 10.0. The zero-order chi connectivity index (χ0) is 13.2. The van der Waals surface area contributed by atoms with Gasteiger partial charge in [-0.3, -0.25) is 4.21 Å². The van der Waals surface area contributed by atoms with E-state index in [2.05, 4.69) is 20.1 Å². The molecule has 0 saturated heterocycles. The summed E-state index contributed by atoms with van der Waals surface area (Å²) in [5.41, 5.74) is 4.10. The van der Waals surface area contributed by atoms with Crippen LogP contribution in [0.15, 0.2) is 42.5 Å². The summed E-state index contributed by atoms with van der Waals surface area (Å²) in [7, 11) is 0. The van der Waals surface area contributed by atoms with Crippen molar-refractivity contribution in [1.29, 1.82) is 0 Å². The van der Waals surface area contributed by atoms with Gasteiger partial charge in [-0.25, -0.2) is 0 Å². The Hall–Kier alpha value is -2.25. The fourth-order valence-electron chi connectivity index (χ4n) is 1.85. The molecule has 19 heavy (non-hydrogen) atoms. The molecule has 2 aromatic carbocycles. The molecule has 0 aliphatic rings. The second-order valence-electron chi connectivity index (χ2n) is 3.94. The fraction of sp³-hybridized carbons (Fsp3) is 0. The topological polar surface area (TPSA) is 93.7 Å². The smallest absolute Gasteiger partial charge is 0.113 e. The van der Waals surface area contributed by atoms with E-state index in [1.54, 1.807) is 12.1 Å². The van der Waals surface area contributed by atoms with Gasteiger partial charge < -0.3 is 9.27 Å². The average Bonchev–Trinajstić information content (AvgIpc) is 2.86. The highest BCUT2D eigenvalue weighted by Gasteiger charge is 2.02. The first-order valence-corrected chi connectivity index (χ1v) is 6.57. The zero-order valence-corrected chi connectivity index (χ0v) is 10.5. The zero-order valence-electron chi connectivity index (χ0n) is 9.66. The molecule has 0 spiro atoms. The van der Waals surface area contributed by atoms with Gasteiger partial charge in [0, 0.05) is 17.0 Å². The second kappa shape index (κ2) is 4.79. The number of anilines is 1. The van der Waals surface area contributed by atoms with Gasteiger partial charge in [0.15, 0.2) is 0 Å². The summed E-state index contributed by atoms with van der Waals surface area (Å²) < 4.78 is 23.3. The van der Waals surface area contributed by atoms with Crippen molar-refractivity contribution in [3.05, 3.63) is 42.5 Å². The number of rotatable bonds is 3. The number of aromatic nitrogens is 3. The maximum atomic E-state index is 10.5. The summed E-state index contributed by atoms with van der Waals surface area (Å²) >= 11 is -2.30. The Balaban J connectivity index is 1.94. The Bertz CT molecular complexity index is 739. The molecule has 3 aromatic rings. The SMILES string of the molecule is O=S([O-])Nc1ccc(-c2ccc3n[nH]nc3c2)cc1. The number of benzene rings is 2. The van der Waals surface area contributed by atoms with Crippen molar-refractivity contribution < 1.29 is 8.76 Å². The predicted octanol–water partition coefficient (Wildman–Crippen LogP) is 1.83. The molecular weight excluding hydrogens is 264 g/mol. The van der Waals surface area contributed by atoms with Crippen molar-refractivity contribution in [2.24, 2.45) is 0 Å². The number of aromatic amines is 1. The first-order chi connectivity index (χ1) is 9.22. The molecule has 1 heterocycles. The van der Waals surface area contributed by atoms with Crippen molar-refractivity contribution in [3.8, 4) is 11.1 Å². The van der Waals surface area contributed by atoms with Crippen molar-refractivity contribution in [2.45, 2.75) is 0 Å². The van der Waals surface area contributed by atoms with Crippen molar-refractivity contribution in [3.63, 3.8) is 0 Å². The molecular formula is C12H9N4O2S-. The number of fused-ring (bicyclic) bond motifs is 1. The average molecular weight is 273 g/mol. The summed E-state index contributed by atoms with van der Waals surface area (Å²) in [6.07, 6.45) is 0. The fourth-order valence-corrected chi connectivity index (χ4v) is 2.18. The third-order valence-corrected chi connectivity index (χ3v) is 3.14. The molecule has 0 fully saturated rings. The highest BCUT2D eigenvalue weighted by Crippen LogP contribution is 2.24. The molecule has 0 aliphatic carbocycles. The van der Waals surface area contributed by atoms with Gasteiger partial charge >= 0.3 is 0 Å². The number of hydrogen-bond donors (Lipinski definition) is 2. The largest absolute Gasteiger partial charge is 0.755 e. The molecule has 1 aromatic heterocycles. The van der Waals surface area contributed by atoms with Crippen molar-refractivity contribution in [2.75, 3.05) is 4.72 Å². The minimum Gasteiger partial charge on any atom is -0.755 e. The Labute approximate surface area is 111 Å². The standard InChI is InChI=1S/C12H10N4O2S/c17-19(18)15-10-4-1-8(2-5-10)9-3-6-11-12(7-9)14-16-13-11/h1-7,15H,(H,17,18)(H,13,14,16)/p-1. The lowest BCUT2D eigenvalue weighted by molar-refractivity contribution is 0.542. The molecule has 0 amide bonds. The monoisotopic (exact) mass is 273 g/mol. The number of H-pyrrole nitrogens is 1. The third kappa shape index (κ3) is 2.47. The first kappa shape index (κ1) is 11.8. The van der Waals surface area contributed by atoms with Gasteiger partial charge in [0.2, 0.25) is 0 Å². The Morgan fingerprint density at radius 2 is 1.68 bits per heavy atom. The normalized spacial score (nSPS) is 12.5. The molecule has 2 N–H and O–H groups in total. The number of hydrogen-bond acceptors (Lipinski definition) is 4. The van der Waals surface area contributed by atoms with Gasteiger partial charge in [0.1, 0.15) is 11.0 Å². The van der Waals surface area contributed by atoms with E-state index in [1.165, 1.54) is 0 Å². The predicted molar refractivity (Wildman–Crippen MR) is 71.9 cm³/mol. The van der Waals surface area contributed by atoms with Crippen LogP contribution in [0.3, 0.4) is 0 Å². The van der Waals surface area contributed by atoms with E-state index in [-0.39, 0.29) is 0 Å². The molecule has 7 heteroatoms. The maximum absolute atomic E-state index is 10.5. The maximum Gasteiger partial charge on any atom is 0.113 e. The molecule has 0 aliphatic heterocycles. The number of nitrogens with zero attached hydrogens (tertiary/aromatic N) is 2. The van der Waals surface area contributed by atoms with E-state index in [0.29, 0.717) is 5.69 Å². The molecule has 0 saturated carbocycles. The van der Waals surface area contributed by atoms with Crippen LogP contribution in [0.1, 0.15) is 0 Å². The van der Waals surface area contributed by atoms with E-state index >= 15 is 0 Å². The lowest BCUT2D eigenvalue weighted by Gasteiger charge is -2.09. The van der Waals surface area contributed by atoms with Crippen LogP contribution in [0.5, 0.6) is 0 Å². The highest BCUT2D eigenvalue weighted by molar-refractivity contribution is 7.80. The molecule has 1 atom stereocenters. The molecule has 0 bridgehead atoms. The van der Waals surface area contributed by atoms with Crippen LogP contribution in [0.2, 0.25) is 0 Å². The van der Waals surface area contributed by atoms with Crippen LogP contribution >= 0.6 is 0 Å².